The van der Waals surface area contributed by atoms with Crippen LogP contribution in [0.15, 0.2) is 55.1 Å². The molecule has 2 aromatic carbocycles. The molecule has 4 aliphatic rings. The van der Waals surface area contributed by atoms with Gasteiger partial charge in [-0.1, -0.05) is 65.0 Å². The van der Waals surface area contributed by atoms with Crippen LogP contribution in [0.1, 0.15) is 77.0 Å². The largest absolute Gasteiger partial charge is 0.444 e. The van der Waals surface area contributed by atoms with E-state index in [-0.39, 0.29) is 43.8 Å². The van der Waals surface area contributed by atoms with Crippen LogP contribution in [0, 0.1) is 17.7 Å². The van der Waals surface area contributed by atoms with E-state index in [1.54, 1.807) is 12.1 Å². The van der Waals surface area contributed by atoms with Gasteiger partial charge in [0.15, 0.2) is 0 Å². The van der Waals surface area contributed by atoms with Crippen LogP contribution in [0.3, 0.4) is 0 Å². The summed E-state index contributed by atoms with van der Waals surface area (Å²) in [6.07, 6.45) is 0.868. The van der Waals surface area contributed by atoms with Gasteiger partial charge in [0.05, 0.1) is 18.3 Å². The van der Waals surface area contributed by atoms with Crippen molar-refractivity contribution in [3.63, 3.8) is 0 Å². The minimum absolute atomic E-state index is 0.0252. The van der Waals surface area contributed by atoms with Gasteiger partial charge in [-0.2, -0.15) is 0 Å². The second-order valence-electron chi connectivity index (χ2n) is 15.9. The molecule has 0 spiro atoms. The number of nitrogens with zero attached hydrogens (tertiary/aromatic N) is 2. The lowest BCUT2D eigenvalue weighted by atomic mass is 9.87. The maximum Gasteiger partial charge on any atom is 0.410 e. The van der Waals surface area contributed by atoms with Crippen molar-refractivity contribution in [2.75, 3.05) is 11.9 Å². The van der Waals surface area contributed by atoms with Crippen LogP contribution in [0.2, 0.25) is 0 Å². The minimum atomic E-state index is -3.90. The van der Waals surface area contributed by atoms with Crippen LogP contribution in [-0.4, -0.2) is 77.6 Å². The monoisotopic (exact) mass is 737 g/mol. The molecule has 0 unspecified atom stereocenters. The van der Waals surface area contributed by atoms with Crippen LogP contribution in [0.4, 0.5) is 14.9 Å². The van der Waals surface area contributed by atoms with Gasteiger partial charge in [-0.25, -0.2) is 17.6 Å². The third-order valence-corrected chi connectivity index (χ3v) is 12.4. The molecule has 2 saturated carbocycles. The summed E-state index contributed by atoms with van der Waals surface area (Å²) in [4.78, 5) is 58.2. The van der Waals surface area contributed by atoms with Crippen molar-refractivity contribution in [2.24, 2.45) is 11.8 Å². The van der Waals surface area contributed by atoms with E-state index in [1.807, 2.05) is 38.1 Å². The molecule has 2 heterocycles. The highest BCUT2D eigenvalue weighted by molar-refractivity contribution is 7.91. The second-order valence-corrected chi connectivity index (χ2v) is 17.8. The first-order valence-electron chi connectivity index (χ1n) is 17.8. The van der Waals surface area contributed by atoms with Gasteiger partial charge < -0.3 is 20.3 Å². The van der Waals surface area contributed by atoms with Gasteiger partial charge in [0.25, 0.3) is 5.91 Å². The number of carbonyl (C=O) groups is 4. The average molecular weight is 738 g/mol. The number of likely N-dealkylation sites (tertiary alicyclic amines) is 1. The molecule has 3 N–H and O–H groups in total. The van der Waals surface area contributed by atoms with Crippen molar-refractivity contribution in [1.82, 2.24) is 19.8 Å². The Labute approximate surface area is 304 Å². The Morgan fingerprint density at radius 1 is 1.08 bits per heavy atom. The number of amides is 4. The first-order valence-corrected chi connectivity index (χ1v) is 19.4. The Bertz CT molecular complexity index is 1890. The zero-order valence-corrected chi connectivity index (χ0v) is 31.1. The molecule has 0 aromatic heterocycles. The van der Waals surface area contributed by atoms with Gasteiger partial charge >= 0.3 is 6.09 Å². The molecule has 0 bridgehead atoms. The quantitative estimate of drug-likeness (QED) is 0.288. The standard InChI is InChI=1S/C38H48FN5O7S/c1-7-24-18-38(24,35(47)42-52(49,50)28-14-15-28)41-33(45)31-17-27(51-36(48)43-19-23-10-8-13-30(39)29(23)21-43)20-44(31)34(46)32(22(2)3)40-26-12-9-11-25(16-26)37(4,5)6/h7-13,16,22,24,27-28,31-32,40H,1,14-15,17-21H2,2-6H3,(H,41,45)(H,42,47)/t24-,27-,31+,32+,38-/m1/s1. The van der Waals surface area contributed by atoms with Gasteiger partial charge in [0.2, 0.25) is 21.8 Å². The Morgan fingerprint density at radius 2 is 1.79 bits per heavy atom. The van der Waals surface area contributed by atoms with Crippen LogP contribution in [-0.2, 0) is 47.6 Å². The fourth-order valence-electron chi connectivity index (χ4n) is 7.07. The van der Waals surface area contributed by atoms with E-state index in [0.717, 1.165) is 11.3 Å². The van der Waals surface area contributed by atoms with E-state index < -0.39 is 74.5 Å². The molecular formula is C38H48FN5O7S. The maximum absolute atomic E-state index is 14.5. The molecule has 6 rings (SSSR count). The number of carbonyl (C=O) groups excluding carboxylic acids is 4. The molecule has 0 radical (unpaired) electrons. The number of halogens is 1. The number of hydrogen-bond donors (Lipinski definition) is 3. The van der Waals surface area contributed by atoms with Crippen molar-refractivity contribution >= 4 is 39.5 Å². The van der Waals surface area contributed by atoms with E-state index in [4.69, 9.17) is 4.74 Å². The highest BCUT2D eigenvalue weighted by atomic mass is 32.2. The highest BCUT2D eigenvalue weighted by Crippen LogP contribution is 2.45. The lowest BCUT2D eigenvalue weighted by molar-refractivity contribution is -0.140. The van der Waals surface area contributed by atoms with Crippen molar-refractivity contribution < 1.29 is 36.7 Å². The second kappa shape index (κ2) is 13.8. The van der Waals surface area contributed by atoms with Crippen molar-refractivity contribution in [2.45, 2.75) is 108 Å². The molecule has 4 amide bonds. The minimum Gasteiger partial charge on any atom is -0.444 e. The van der Waals surface area contributed by atoms with Gasteiger partial charge in [0.1, 0.15) is 29.5 Å². The van der Waals surface area contributed by atoms with E-state index in [9.17, 15) is 32.0 Å². The Hall–Kier alpha value is -4.46. The van der Waals surface area contributed by atoms with Crippen LogP contribution in [0.25, 0.3) is 0 Å². The third kappa shape index (κ3) is 7.53. The van der Waals surface area contributed by atoms with E-state index in [0.29, 0.717) is 24.0 Å². The van der Waals surface area contributed by atoms with Crippen molar-refractivity contribution in [1.29, 1.82) is 0 Å². The van der Waals surface area contributed by atoms with Crippen LogP contribution < -0.4 is 15.4 Å². The molecule has 5 atom stereocenters. The molecule has 2 aromatic rings. The molecule has 52 heavy (non-hydrogen) atoms. The number of hydrogen-bond acceptors (Lipinski definition) is 8. The van der Waals surface area contributed by atoms with Gasteiger partial charge in [-0.05, 0) is 59.9 Å². The number of ether oxygens (including phenoxy) is 1. The zero-order chi connectivity index (χ0) is 37.7. The molecule has 280 valence electrons. The van der Waals surface area contributed by atoms with Crippen LogP contribution >= 0.6 is 0 Å². The molecule has 1 saturated heterocycles. The number of anilines is 1. The summed E-state index contributed by atoms with van der Waals surface area (Å²) in [6, 6.07) is 10.5. The summed E-state index contributed by atoms with van der Waals surface area (Å²) in [6.45, 7) is 13.9. The number of rotatable bonds is 11. The molecule has 12 nitrogen and oxygen atoms in total. The first kappa shape index (κ1) is 37.3. The first-order chi connectivity index (χ1) is 24.4. The smallest absolute Gasteiger partial charge is 0.410 e. The fraction of sp³-hybridized carbons (Fsp3) is 0.526. The Balaban J connectivity index is 1.24. The predicted molar refractivity (Wildman–Crippen MR) is 193 cm³/mol. The Kier molecular flexibility index (Phi) is 9.92. The lowest BCUT2D eigenvalue weighted by Gasteiger charge is -2.32. The maximum atomic E-state index is 14.5. The average Bonchev–Trinajstić information content (AvgIpc) is 3.97. The van der Waals surface area contributed by atoms with Gasteiger partial charge in [-0.3, -0.25) is 24.0 Å². The van der Waals surface area contributed by atoms with E-state index in [1.165, 1.54) is 21.9 Å². The van der Waals surface area contributed by atoms with Gasteiger partial charge in [-0.15, -0.1) is 6.58 Å². The lowest BCUT2D eigenvalue weighted by Crippen LogP contribution is -2.58. The summed E-state index contributed by atoms with van der Waals surface area (Å²) < 4.78 is 47.8. The van der Waals surface area contributed by atoms with E-state index in [2.05, 4.69) is 42.7 Å². The van der Waals surface area contributed by atoms with Crippen molar-refractivity contribution in [3.8, 4) is 0 Å². The molecule has 2 aliphatic heterocycles. The normalized spacial score (nSPS) is 24.6. The fourth-order valence-corrected chi connectivity index (χ4v) is 8.43. The summed E-state index contributed by atoms with van der Waals surface area (Å²) in [5.41, 5.74) is 1.18. The third-order valence-electron chi connectivity index (χ3n) is 10.5. The van der Waals surface area contributed by atoms with Crippen molar-refractivity contribution in [3.05, 3.63) is 77.6 Å². The molecule has 3 fully saturated rings. The summed E-state index contributed by atoms with van der Waals surface area (Å²) in [5, 5.41) is 5.49. The topological polar surface area (TPSA) is 154 Å². The number of benzene rings is 2. The van der Waals surface area contributed by atoms with E-state index >= 15 is 0 Å². The summed E-state index contributed by atoms with van der Waals surface area (Å²) in [7, 11) is -3.90. The molecule has 14 heteroatoms. The van der Waals surface area contributed by atoms with Gasteiger partial charge in [0, 0.05) is 30.1 Å². The van der Waals surface area contributed by atoms with Crippen LogP contribution in [0.5, 0.6) is 0 Å². The number of fused-ring (bicyclic) bond motifs is 1. The SMILES string of the molecule is C=C[C@@H]1C[C@]1(NC(=O)[C@@H]1C[C@@H](OC(=O)N2Cc3cccc(F)c3C2)CN1C(=O)[C@@H](Nc1cccc(C(C)(C)C)c1)C(C)C)C(=O)NS(=O)(=O)C1CC1. The molecule has 2 aliphatic carbocycles. The predicted octanol–water partition coefficient (Wildman–Crippen LogP) is 4.35. The zero-order valence-electron chi connectivity index (χ0n) is 30.3. The molecular weight excluding hydrogens is 690 g/mol. The highest BCUT2D eigenvalue weighted by Gasteiger charge is 2.62. The summed E-state index contributed by atoms with van der Waals surface area (Å²) >= 11 is 0. The Morgan fingerprint density at radius 3 is 2.40 bits per heavy atom. The number of sulfonamides is 1. The summed E-state index contributed by atoms with van der Waals surface area (Å²) in [5.74, 6) is -3.10. The number of nitrogens with one attached hydrogen (secondary N) is 3.